The summed E-state index contributed by atoms with van der Waals surface area (Å²) in [6.45, 7) is 3.99. The van der Waals surface area contributed by atoms with Gasteiger partial charge in [-0.1, -0.05) is 18.5 Å². The zero-order valence-electron chi connectivity index (χ0n) is 14.4. The van der Waals surface area contributed by atoms with Crippen molar-refractivity contribution in [3.05, 3.63) is 44.5 Å². The molecule has 3 heterocycles. The van der Waals surface area contributed by atoms with E-state index in [4.69, 9.17) is 16.9 Å². The van der Waals surface area contributed by atoms with Crippen molar-refractivity contribution < 1.29 is 9.90 Å². The molecule has 0 radical (unpaired) electrons. The minimum absolute atomic E-state index is 0.0148. The van der Waals surface area contributed by atoms with Crippen molar-refractivity contribution in [3.8, 4) is 17.6 Å². The Morgan fingerprint density at radius 2 is 2.19 bits per heavy atom. The van der Waals surface area contributed by atoms with Crippen molar-refractivity contribution >= 4 is 17.5 Å². The van der Waals surface area contributed by atoms with Crippen LogP contribution in [0.2, 0.25) is 5.02 Å². The molecule has 8 heteroatoms. The van der Waals surface area contributed by atoms with Crippen LogP contribution in [0.25, 0.3) is 5.69 Å². The van der Waals surface area contributed by atoms with Crippen molar-refractivity contribution in [2.75, 3.05) is 6.54 Å². The van der Waals surface area contributed by atoms with E-state index in [2.05, 4.69) is 0 Å². The maximum absolute atomic E-state index is 13.0. The lowest BCUT2D eigenvalue weighted by atomic mass is 10.1. The fraction of sp³-hybridized carbons (Fsp3) is 0.389. The van der Waals surface area contributed by atoms with Gasteiger partial charge in [-0.25, -0.2) is 9.36 Å². The number of halogens is 1. The fourth-order valence-corrected chi connectivity index (χ4v) is 4.35. The number of fused-ring (bicyclic) bond motifs is 5. The Hall–Kier alpha value is -2.72. The molecule has 26 heavy (non-hydrogen) atoms. The van der Waals surface area contributed by atoms with E-state index >= 15 is 0 Å². The van der Waals surface area contributed by atoms with Crippen LogP contribution in [-0.4, -0.2) is 31.6 Å². The number of aromatic hydroxyl groups is 1. The van der Waals surface area contributed by atoms with E-state index in [-0.39, 0.29) is 34.6 Å². The molecule has 2 atom stereocenters. The van der Waals surface area contributed by atoms with Crippen molar-refractivity contribution in [1.82, 2.24) is 14.0 Å². The van der Waals surface area contributed by atoms with Gasteiger partial charge in [-0.2, -0.15) is 5.26 Å². The van der Waals surface area contributed by atoms with Crippen LogP contribution in [0.4, 0.5) is 0 Å². The van der Waals surface area contributed by atoms with Crippen LogP contribution in [0, 0.1) is 18.3 Å². The van der Waals surface area contributed by atoms with E-state index in [9.17, 15) is 14.7 Å². The Labute approximate surface area is 154 Å². The molecule has 1 unspecified atom stereocenters. The predicted octanol–water partition coefficient (Wildman–Crippen LogP) is 2.42. The first-order valence-electron chi connectivity index (χ1n) is 8.45. The molecule has 1 saturated heterocycles. The Bertz CT molecular complexity index is 1050. The highest BCUT2D eigenvalue weighted by Crippen LogP contribution is 2.48. The Morgan fingerprint density at radius 3 is 2.85 bits per heavy atom. The van der Waals surface area contributed by atoms with E-state index in [1.54, 1.807) is 29.4 Å². The number of carbonyl (C=O) groups excluding carboxylic acids is 1. The monoisotopic (exact) mass is 372 g/mol. The first-order chi connectivity index (χ1) is 12.4. The van der Waals surface area contributed by atoms with Gasteiger partial charge in [0.25, 0.3) is 0 Å². The summed E-state index contributed by atoms with van der Waals surface area (Å²) in [5.74, 6) is -0.152. The average Bonchev–Trinajstić information content (AvgIpc) is 3.29. The van der Waals surface area contributed by atoms with E-state index in [1.165, 1.54) is 10.6 Å². The number of nitrogens with zero attached hydrogens (tertiary/aromatic N) is 4. The van der Waals surface area contributed by atoms with Crippen molar-refractivity contribution in [2.24, 2.45) is 0 Å². The molecule has 2 aromatic rings. The molecule has 2 bridgehead atoms. The summed E-state index contributed by atoms with van der Waals surface area (Å²) in [7, 11) is 0. The quantitative estimate of drug-likeness (QED) is 0.876. The molecular formula is C18H17ClN4O3. The fourth-order valence-electron chi connectivity index (χ4n) is 4.15. The summed E-state index contributed by atoms with van der Waals surface area (Å²) in [6, 6.07) is 4.73. The number of hydrogen-bond donors (Lipinski definition) is 1. The molecular weight excluding hydrogens is 356 g/mol. The zero-order valence-corrected chi connectivity index (χ0v) is 15.1. The summed E-state index contributed by atoms with van der Waals surface area (Å²) in [5.41, 5.74) is 1.42. The van der Waals surface area contributed by atoms with Gasteiger partial charge in [-0.05, 0) is 31.0 Å². The second-order valence-corrected chi connectivity index (χ2v) is 7.06. The van der Waals surface area contributed by atoms with Gasteiger partial charge in [0.2, 0.25) is 11.8 Å². The molecule has 1 aromatic carbocycles. The summed E-state index contributed by atoms with van der Waals surface area (Å²) in [4.78, 5) is 26.9. The molecule has 1 aromatic heterocycles. The summed E-state index contributed by atoms with van der Waals surface area (Å²) < 4.78 is 2.81. The average molecular weight is 373 g/mol. The van der Waals surface area contributed by atoms with Gasteiger partial charge in [-0.15, -0.1) is 0 Å². The largest absolute Gasteiger partial charge is 0.493 e. The van der Waals surface area contributed by atoms with Gasteiger partial charge < -0.3 is 10.0 Å². The minimum atomic E-state index is -0.350. The van der Waals surface area contributed by atoms with Crippen LogP contribution in [0.15, 0.2) is 16.9 Å². The van der Waals surface area contributed by atoms with Crippen LogP contribution < -0.4 is 5.69 Å². The number of carbonyl (C=O) groups is 1. The third kappa shape index (κ3) is 1.99. The number of nitriles is 1. The highest BCUT2D eigenvalue weighted by Gasteiger charge is 2.48. The van der Waals surface area contributed by atoms with Crippen molar-refractivity contribution in [1.29, 1.82) is 5.26 Å². The van der Waals surface area contributed by atoms with Crippen LogP contribution in [0.5, 0.6) is 5.88 Å². The van der Waals surface area contributed by atoms with Crippen molar-refractivity contribution in [3.63, 3.8) is 0 Å². The smallest absolute Gasteiger partial charge is 0.336 e. The van der Waals surface area contributed by atoms with E-state index in [1.807, 2.05) is 6.07 Å². The zero-order chi connectivity index (χ0) is 18.7. The molecule has 1 N–H and O–H groups in total. The van der Waals surface area contributed by atoms with Crippen LogP contribution in [0.1, 0.15) is 48.7 Å². The lowest BCUT2D eigenvalue weighted by molar-refractivity contribution is -0.132. The van der Waals surface area contributed by atoms with Gasteiger partial charge in [-0.3, -0.25) is 9.36 Å². The maximum atomic E-state index is 13.0. The standard InChI is InChI=1S/C18H17ClN4O3/c1-3-14(24)21-8-11-6-13(21)16-17(25)23(18(26)22(11)16)12-5-4-10(7-20)15(19)9(12)2/h4-5,11,13,25H,3,6,8H2,1-2H3/t11-,13?/m1/s1. The highest BCUT2D eigenvalue weighted by atomic mass is 35.5. The van der Waals surface area contributed by atoms with Crippen LogP contribution >= 0.6 is 11.6 Å². The lowest BCUT2D eigenvalue weighted by Crippen LogP contribution is -2.37. The summed E-state index contributed by atoms with van der Waals surface area (Å²) >= 11 is 6.22. The summed E-state index contributed by atoms with van der Waals surface area (Å²) in [6.07, 6.45) is 1.04. The first kappa shape index (κ1) is 16.7. The molecule has 2 aliphatic rings. The van der Waals surface area contributed by atoms with E-state index in [0.717, 1.165) is 0 Å². The van der Waals surface area contributed by atoms with Gasteiger partial charge in [0.15, 0.2) is 0 Å². The Balaban J connectivity index is 1.89. The molecule has 4 rings (SSSR count). The molecule has 0 aliphatic carbocycles. The van der Waals surface area contributed by atoms with Gasteiger partial charge in [0.05, 0.1) is 28.4 Å². The van der Waals surface area contributed by atoms with Gasteiger partial charge >= 0.3 is 5.69 Å². The highest BCUT2D eigenvalue weighted by molar-refractivity contribution is 6.32. The second-order valence-electron chi connectivity index (χ2n) is 6.68. The second kappa shape index (κ2) is 5.64. The predicted molar refractivity (Wildman–Crippen MR) is 94.6 cm³/mol. The van der Waals surface area contributed by atoms with E-state index < -0.39 is 0 Å². The van der Waals surface area contributed by atoms with Crippen molar-refractivity contribution in [2.45, 2.75) is 38.8 Å². The molecule has 134 valence electrons. The number of rotatable bonds is 2. The molecule has 1 fully saturated rings. The number of hydrogen-bond acceptors (Lipinski definition) is 4. The van der Waals surface area contributed by atoms with Gasteiger partial charge in [0.1, 0.15) is 11.8 Å². The van der Waals surface area contributed by atoms with E-state index in [0.29, 0.717) is 41.9 Å². The Morgan fingerprint density at radius 1 is 1.46 bits per heavy atom. The molecule has 7 nitrogen and oxygen atoms in total. The van der Waals surface area contributed by atoms with Crippen LogP contribution in [-0.2, 0) is 4.79 Å². The Kier molecular flexibility index (Phi) is 3.63. The number of amides is 1. The number of imidazole rings is 1. The first-order valence-corrected chi connectivity index (χ1v) is 8.83. The minimum Gasteiger partial charge on any atom is -0.493 e. The molecule has 0 spiro atoms. The summed E-state index contributed by atoms with van der Waals surface area (Å²) in [5, 5.41) is 20.2. The molecule has 0 saturated carbocycles. The number of benzene rings is 1. The SMILES string of the molecule is CCC(=O)N1C[C@H]2CC1c1c(O)n(-c3ccc(C#N)c(Cl)c3C)c(=O)n12. The number of aromatic nitrogens is 2. The van der Waals surface area contributed by atoms with Crippen LogP contribution in [0.3, 0.4) is 0 Å². The number of likely N-dealkylation sites (tertiary alicyclic amines) is 1. The third-order valence-electron chi connectivity index (χ3n) is 5.40. The topological polar surface area (TPSA) is 91.3 Å². The third-order valence-corrected chi connectivity index (χ3v) is 5.89. The maximum Gasteiger partial charge on any atom is 0.336 e. The van der Waals surface area contributed by atoms with Gasteiger partial charge in [0, 0.05) is 13.0 Å². The molecule has 2 aliphatic heterocycles. The lowest BCUT2D eigenvalue weighted by Gasteiger charge is -2.27. The molecule has 1 amide bonds. The normalized spacial score (nSPS) is 20.3.